The van der Waals surface area contributed by atoms with Gasteiger partial charge in [0.2, 0.25) is 0 Å². The predicted molar refractivity (Wildman–Crippen MR) is 124 cm³/mol. The number of benzene rings is 1. The second-order valence-electron chi connectivity index (χ2n) is 6.89. The van der Waals surface area contributed by atoms with Gasteiger partial charge >= 0.3 is 0 Å². The van der Waals surface area contributed by atoms with Crippen molar-refractivity contribution in [1.29, 1.82) is 0 Å². The van der Waals surface area contributed by atoms with Crippen molar-refractivity contribution in [3.63, 3.8) is 0 Å². The van der Waals surface area contributed by atoms with Gasteiger partial charge in [-0.25, -0.2) is 0 Å². The Bertz CT molecular complexity index is 592. The third kappa shape index (κ3) is 7.93. The molecule has 1 saturated carbocycles. The van der Waals surface area contributed by atoms with E-state index in [1.54, 1.807) is 25.3 Å². The molecule has 8 heteroatoms. The average molecular weight is 530 g/mol. The van der Waals surface area contributed by atoms with Crippen molar-refractivity contribution in [2.75, 3.05) is 33.4 Å². The summed E-state index contributed by atoms with van der Waals surface area (Å²) in [5.41, 5.74) is 0.943. The summed E-state index contributed by atoms with van der Waals surface area (Å²) in [7, 11) is 1.74. The minimum absolute atomic E-state index is 0. The Balaban J connectivity index is 0.00000364. The Morgan fingerprint density at radius 1 is 1.26 bits per heavy atom. The van der Waals surface area contributed by atoms with Gasteiger partial charge in [0, 0.05) is 43.4 Å². The van der Waals surface area contributed by atoms with Crippen molar-refractivity contribution in [1.82, 2.24) is 10.6 Å². The molecule has 2 rings (SSSR count). The van der Waals surface area contributed by atoms with Crippen LogP contribution in [-0.4, -0.2) is 44.4 Å². The Hall–Kier alpha value is -0.280. The SMILES string of the molecule is CCNC(=NCC1(CCOC)CCC1)NCC(O)c1cc(Cl)cc(Cl)c1.I. The molecule has 1 aromatic carbocycles. The van der Waals surface area contributed by atoms with E-state index in [0.29, 0.717) is 28.1 Å². The Labute approximate surface area is 189 Å². The standard InChI is InChI=1S/C19H29Cl2N3O2.HI/c1-3-22-18(24-13-19(5-4-6-19)7-8-26-2)23-12-17(25)14-9-15(20)11-16(21)10-14;/h9-11,17,25H,3-8,12-13H2,1-2H3,(H2,22,23,24);1H. The molecule has 0 aromatic heterocycles. The number of guanidine groups is 1. The molecule has 1 fully saturated rings. The van der Waals surface area contributed by atoms with Crippen LogP contribution in [0.2, 0.25) is 10.0 Å². The van der Waals surface area contributed by atoms with Crippen LogP contribution in [0.15, 0.2) is 23.2 Å². The number of nitrogens with one attached hydrogen (secondary N) is 2. The largest absolute Gasteiger partial charge is 0.387 e. The highest BCUT2D eigenvalue weighted by atomic mass is 127. The quantitative estimate of drug-likeness (QED) is 0.252. The van der Waals surface area contributed by atoms with Crippen molar-refractivity contribution in [3.05, 3.63) is 33.8 Å². The van der Waals surface area contributed by atoms with Crippen molar-refractivity contribution in [3.8, 4) is 0 Å². The molecule has 154 valence electrons. The predicted octanol–water partition coefficient (Wildman–Crippen LogP) is 4.41. The van der Waals surface area contributed by atoms with E-state index in [1.807, 2.05) is 6.92 Å². The molecule has 1 atom stereocenters. The fraction of sp³-hybridized carbons (Fsp3) is 0.632. The van der Waals surface area contributed by atoms with Crippen LogP contribution in [0.4, 0.5) is 0 Å². The number of methoxy groups -OCH3 is 1. The highest BCUT2D eigenvalue weighted by Crippen LogP contribution is 2.44. The number of nitrogens with zero attached hydrogens (tertiary/aromatic N) is 1. The monoisotopic (exact) mass is 529 g/mol. The van der Waals surface area contributed by atoms with E-state index in [2.05, 4.69) is 10.6 Å². The van der Waals surface area contributed by atoms with E-state index in [4.69, 9.17) is 32.9 Å². The number of aliphatic imine (C=N–C) groups is 1. The van der Waals surface area contributed by atoms with Crippen molar-refractivity contribution >= 4 is 53.1 Å². The molecule has 1 aromatic rings. The lowest BCUT2D eigenvalue weighted by Gasteiger charge is -2.40. The van der Waals surface area contributed by atoms with Gasteiger partial charge in [-0.05, 0) is 55.4 Å². The van der Waals surface area contributed by atoms with E-state index in [0.717, 1.165) is 26.1 Å². The molecule has 5 nitrogen and oxygen atoms in total. The van der Waals surface area contributed by atoms with Gasteiger partial charge in [0.05, 0.1) is 6.10 Å². The maximum atomic E-state index is 10.4. The third-order valence-corrected chi connectivity index (χ3v) is 5.34. The van der Waals surface area contributed by atoms with Crippen LogP contribution in [0.1, 0.15) is 44.3 Å². The highest BCUT2D eigenvalue weighted by molar-refractivity contribution is 14.0. The molecule has 1 unspecified atom stereocenters. The minimum Gasteiger partial charge on any atom is -0.387 e. The van der Waals surface area contributed by atoms with Crippen LogP contribution in [0.25, 0.3) is 0 Å². The molecule has 0 radical (unpaired) electrons. The number of rotatable bonds is 9. The summed E-state index contributed by atoms with van der Waals surface area (Å²) in [6.07, 6.45) is 3.97. The van der Waals surface area contributed by atoms with Crippen molar-refractivity contribution in [2.45, 2.75) is 38.7 Å². The first-order valence-corrected chi connectivity index (χ1v) is 9.89. The lowest BCUT2D eigenvalue weighted by Crippen LogP contribution is -2.41. The van der Waals surface area contributed by atoms with Gasteiger partial charge in [-0.15, -0.1) is 24.0 Å². The van der Waals surface area contributed by atoms with Gasteiger partial charge in [-0.2, -0.15) is 0 Å². The molecule has 27 heavy (non-hydrogen) atoms. The van der Waals surface area contributed by atoms with Gasteiger partial charge in [0.15, 0.2) is 5.96 Å². The lowest BCUT2D eigenvalue weighted by atomic mass is 9.67. The molecular formula is C19H30Cl2IN3O2. The summed E-state index contributed by atoms with van der Waals surface area (Å²) in [5.74, 6) is 0.711. The number of aliphatic hydroxyl groups excluding tert-OH is 1. The van der Waals surface area contributed by atoms with Gasteiger partial charge in [-0.3, -0.25) is 4.99 Å². The third-order valence-electron chi connectivity index (χ3n) is 4.90. The molecule has 0 aliphatic heterocycles. The first-order valence-electron chi connectivity index (χ1n) is 9.13. The number of hydrogen-bond donors (Lipinski definition) is 3. The smallest absolute Gasteiger partial charge is 0.191 e. The topological polar surface area (TPSA) is 65.9 Å². The normalized spacial score (nSPS) is 16.9. The van der Waals surface area contributed by atoms with Crippen LogP contribution < -0.4 is 10.6 Å². The summed E-state index contributed by atoms with van der Waals surface area (Å²) < 4.78 is 5.24. The van der Waals surface area contributed by atoms with E-state index in [1.165, 1.54) is 19.3 Å². The number of halogens is 3. The zero-order valence-electron chi connectivity index (χ0n) is 15.9. The fourth-order valence-corrected chi connectivity index (χ4v) is 3.69. The van der Waals surface area contributed by atoms with E-state index >= 15 is 0 Å². The summed E-state index contributed by atoms with van der Waals surface area (Å²) in [6, 6.07) is 5.09. The van der Waals surface area contributed by atoms with Crippen LogP contribution in [0.5, 0.6) is 0 Å². The number of hydrogen-bond acceptors (Lipinski definition) is 3. The van der Waals surface area contributed by atoms with Crippen LogP contribution in [-0.2, 0) is 4.74 Å². The maximum Gasteiger partial charge on any atom is 0.191 e. The Kier molecular flexibility index (Phi) is 11.3. The molecule has 0 amide bonds. The van der Waals surface area contributed by atoms with Crippen LogP contribution >= 0.6 is 47.2 Å². The second kappa shape index (κ2) is 12.3. The molecule has 1 aliphatic carbocycles. The van der Waals surface area contributed by atoms with Gasteiger partial charge < -0.3 is 20.5 Å². The Morgan fingerprint density at radius 2 is 1.93 bits per heavy atom. The molecular weight excluding hydrogens is 500 g/mol. The van der Waals surface area contributed by atoms with Crippen LogP contribution in [0, 0.1) is 5.41 Å². The van der Waals surface area contributed by atoms with Crippen molar-refractivity contribution in [2.24, 2.45) is 10.4 Å². The van der Waals surface area contributed by atoms with E-state index < -0.39 is 6.10 Å². The molecule has 1 aliphatic rings. The zero-order valence-corrected chi connectivity index (χ0v) is 19.8. The van der Waals surface area contributed by atoms with Gasteiger partial charge in [0.1, 0.15) is 0 Å². The lowest BCUT2D eigenvalue weighted by molar-refractivity contribution is 0.0778. The first-order chi connectivity index (χ1) is 12.5. The fourth-order valence-electron chi connectivity index (χ4n) is 3.15. The molecule has 3 N–H and O–H groups in total. The maximum absolute atomic E-state index is 10.4. The summed E-state index contributed by atoms with van der Waals surface area (Å²) >= 11 is 12.0. The molecule has 0 spiro atoms. The summed E-state index contributed by atoms with van der Waals surface area (Å²) in [5, 5.41) is 17.9. The second-order valence-corrected chi connectivity index (χ2v) is 7.76. The molecule has 0 saturated heterocycles. The van der Waals surface area contributed by atoms with Crippen molar-refractivity contribution < 1.29 is 9.84 Å². The zero-order chi connectivity index (χ0) is 19.0. The molecule has 0 bridgehead atoms. The first kappa shape index (κ1) is 24.8. The molecule has 0 heterocycles. The number of aliphatic hydroxyl groups is 1. The summed E-state index contributed by atoms with van der Waals surface area (Å²) in [4.78, 5) is 4.74. The van der Waals surface area contributed by atoms with Crippen LogP contribution in [0.3, 0.4) is 0 Å². The minimum atomic E-state index is -0.721. The van der Waals surface area contributed by atoms with E-state index in [-0.39, 0.29) is 29.4 Å². The number of ether oxygens (including phenoxy) is 1. The Morgan fingerprint density at radius 3 is 2.44 bits per heavy atom. The summed E-state index contributed by atoms with van der Waals surface area (Å²) in [6.45, 7) is 4.65. The van der Waals surface area contributed by atoms with Gasteiger partial charge in [0.25, 0.3) is 0 Å². The van der Waals surface area contributed by atoms with Gasteiger partial charge in [-0.1, -0.05) is 29.6 Å². The average Bonchev–Trinajstić information content (AvgIpc) is 2.57. The van der Waals surface area contributed by atoms with E-state index in [9.17, 15) is 5.11 Å². The highest BCUT2D eigenvalue weighted by Gasteiger charge is 2.36.